The topological polar surface area (TPSA) is 85.2 Å². The summed E-state index contributed by atoms with van der Waals surface area (Å²) in [6.07, 6.45) is 0. The van der Waals surface area contributed by atoms with Gasteiger partial charge in [0.2, 0.25) is 5.91 Å². The zero-order valence-corrected chi connectivity index (χ0v) is 9.55. The Bertz CT molecular complexity index is 567. The van der Waals surface area contributed by atoms with E-state index in [1.54, 1.807) is 18.0 Å². The highest BCUT2D eigenvalue weighted by Crippen LogP contribution is 2.19. The Morgan fingerprint density at radius 3 is 2.82 bits per heavy atom. The predicted octanol–water partition coefficient (Wildman–Crippen LogP) is 0.738. The predicted molar refractivity (Wildman–Crippen MR) is 68.6 cm³/mol. The molecule has 1 heterocycles. The largest absolute Gasteiger partial charge is 0.399 e. The van der Waals surface area contributed by atoms with Crippen LogP contribution in [0.5, 0.6) is 0 Å². The number of carbonyl (C=O) groups is 1. The Kier molecular flexibility index (Phi) is 2.82. The first-order valence-corrected chi connectivity index (χ1v) is 5.22. The fourth-order valence-electron chi connectivity index (χ4n) is 1.66. The SMILES string of the molecule is CN(CC(N)=O)c1ccc2cc(N)ccc2n1. The summed E-state index contributed by atoms with van der Waals surface area (Å²) in [6.45, 7) is 0.146. The molecule has 88 valence electrons. The summed E-state index contributed by atoms with van der Waals surface area (Å²) < 4.78 is 0. The van der Waals surface area contributed by atoms with Crippen molar-refractivity contribution in [1.29, 1.82) is 0 Å². The van der Waals surface area contributed by atoms with E-state index in [0.29, 0.717) is 11.5 Å². The number of amides is 1. The van der Waals surface area contributed by atoms with E-state index in [-0.39, 0.29) is 12.5 Å². The molecule has 2 rings (SSSR count). The highest BCUT2D eigenvalue weighted by molar-refractivity contribution is 5.84. The number of primary amides is 1. The zero-order valence-electron chi connectivity index (χ0n) is 9.55. The first-order valence-electron chi connectivity index (χ1n) is 5.22. The fourth-order valence-corrected chi connectivity index (χ4v) is 1.66. The van der Waals surface area contributed by atoms with Gasteiger partial charge in [-0.3, -0.25) is 4.79 Å². The van der Waals surface area contributed by atoms with Gasteiger partial charge in [0.1, 0.15) is 5.82 Å². The van der Waals surface area contributed by atoms with Gasteiger partial charge in [-0.05, 0) is 30.3 Å². The minimum atomic E-state index is -0.383. The van der Waals surface area contributed by atoms with E-state index >= 15 is 0 Å². The third-order valence-corrected chi connectivity index (χ3v) is 2.48. The lowest BCUT2D eigenvalue weighted by Crippen LogP contribution is -2.30. The van der Waals surface area contributed by atoms with Crippen molar-refractivity contribution < 1.29 is 4.79 Å². The minimum absolute atomic E-state index is 0.146. The van der Waals surface area contributed by atoms with Gasteiger partial charge in [-0.15, -0.1) is 0 Å². The van der Waals surface area contributed by atoms with Crippen molar-refractivity contribution in [2.75, 3.05) is 24.2 Å². The van der Waals surface area contributed by atoms with Crippen LogP contribution in [0.1, 0.15) is 0 Å². The van der Waals surface area contributed by atoms with E-state index in [1.165, 1.54) is 0 Å². The van der Waals surface area contributed by atoms with E-state index in [2.05, 4.69) is 4.98 Å². The molecule has 5 nitrogen and oxygen atoms in total. The number of anilines is 2. The molecule has 0 aliphatic heterocycles. The summed E-state index contributed by atoms with van der Waals surface area (Å²) in [5.74, 6) is 0.327. The van der Waals surface area contributed by atoms with Gasteiger partial charge in [-0.2, -0.15) is 0 Å². The molecule has 1 aromatic heterocycles. The van der Waals surface area contributed by atoms with Crippen LogP contribution < -0.4 is 16.4 Å². The average molecular weight is 230 g/mol. The lowest BCUT2D eigenvalue weighted by molar-refractivity contribution is -0.116. The van der Waals surface area contributed by atoms with E-state index in [0.717, 1.165) is 10.9 Å². The summed E-state index contributed by atoms with van der Waals surface area (Å²) in [5, 5.41) is 0.973. The van der Waals surface area contributed by atoms with Crippen LogP contribution in [0.2, 0.25) is 0 Å². The molecule has 2 aromatic rings. The molecule has 0 bridgehead atoms. The standard InChI is InChI=1S/C12H14N4O/c1-16(7-11(14)17)12-5-2-8-6-9(13)3-4-10(8)15-12/h2-6H,7,13H2,1H3,(H2,14,17). The molecule has 0 fully saturated rings. The van der Waals surface area contributed by atoms with Gasteiger partial charge in [0.05, 0.1) is 12.1 Å². The second-order valence-electron chi connectivity index (χ2n) is 3.94. The fraction of sp³-hybridized carbons (Fsp3) is 0.167. The highest BCUT2D eigenvalue weighted by Gasteiger charge is 2.06. The van der Waals surface area contributed by atoms with Gasteiger partial charge in [0.15, 0.2) is 0 Å². The maximum Gasteiger partial charge on any atom is 0.236 e. The number of nitrogen functional groups attached to an aromatic ring is 1. The summed E-state index contributed by atoms with van der Waals surface area (Å²) in [7, 11) is 1.77. The van der Waals surface area contributed by atoms with E-state index < -0.39 is 0 Å². The van der Waals surface area contributed by atoms with Crippen molar-refractivity contribution in [2.45, 2.75) is 0 Å². The third kappa shape index (κ3) is 2.44. The molecule has 5 heteroatoms. The molecular weight excluding hydrogens is 216 g/mol. The van der Waals surface area contributed by atoms with Gasteiger partial charge >= 0.3 is 0 Å². The van der Waals surface area contributed by atoms with Crippen LogP contribution in [0.15, 0.2) is 30.3 Å². The normalized spacial score (nSPS) is 10.4. The van der Waals surface area contributed by atoms with Crippen molar-refractivity contribution in [1.82, 2.24) is 4.98 Å². The molecule has 17 heavy (non-hydrogen) atoms. The van der Waals surface area contributed by atoms with Gasteiger partial charge in [0.25, 0.3) is 0 Å². The molecule has 0 radical (unpaired) electrons. The number of pyridine rings is 1. The van der Waals surface area contributed by atoms with E-state index in [4.69, 9.17) is 11.5 Å². The van der Waals surface area contributed by atoms with Crippen LogP contribution in [0.25, 0.3) is 10.9 Å². The third-order valence-electron chi connectivity index (χ3n) is 2.48. The Morgan fingerprint density at radius 2 is 2.12 bits per heavy atom. The highest BCUT2D eigenvalue weighted by atomic mass is 16.1. The number of likely N-dealkylation sites (N-methyl/N-ethyl adjacent to an activating group) is 1. The average Bonchev–Trinajstić information content (AvgIpc) is 2.27. The summed E-state index contributed by atoms with van der Waals surface area (Å²) in [4.78, 5) is 17.0. The van der Waals surface area contributed by atoms with Crippen LogP contribution >= 0.6 is 0 Å². The van der Waals surface area contributed by atoms with Crippen molar-refractivity contribution in [3.8, 4) is 0 Å². The summed E-state index contributed by atoms with van der Waals surface area (Å²) in [6, 6.07) is 9.27. The Hall–Kier alpha value is -2.30. The molecule has 0 aliphatic rings. The quantitative estimate of drug-likeness (QED) is 0.761. The molecule has 0 atom stereocenters. The first-order chi connectivity index (χ1) is 8.06. The van der Waals surface area contributed by atoms with Gasteiger partial charge in [0, 0.05) is 18.1 Å². The second-order valence-corrected chi connectivity index (χ2v) is 3.94. The number of nitrogens with zero attached hydrogens (tertiary/aromatic N) is 2. The zero-order chi connectivity index (χ0) is 12.4. The molecule has 1 aromatic carbocycles. The van der Waals surface area contributed by atoms with Crippen LogP contribution in [0.3, 0.4) is 0 Å². The maximum absolute atomic E-state index is 10.8. The minimum Gasteiger partial charge on any atom is -0.399 e. The number of rotatable bonds is 3. The van der Waals surface area contributed by atoms with Crippen LogP contribution in [-0.4, -0.2) is 24.5 Å². The molecule has 4 N–H and O–H groups in total. The number of hydrogen-bond donors (Lipinski definition) is 2. The molecule has 1 amide bonds. The Morgan fingerprint density at radius 1 is 1.35 bits per heavy atom. The number of nitrogens with two attached hydrogens (primary N) is 2. The monoisotopic (exact) mass is 230 g/mol. The Labute approximate surface area is 99.0 Å². The smallest absolute Gasteiger partial charge is 0.236 e. The van der Waals surface area contributed by atoms with Crippen LogP contribution in [0, 0.1) is 0 Å². The van der Waals surface area contributed by atoms with Crippen LogP contribution in [-0.2, 0) is 4.79 Å². The lowest BCUT2D eigenvalue weighted by atomic mass is 10.2. The number of aromatic nitrogens is 1. The van der Waals surface area contributed by atoms with E-state index in [9.17, 15) is 4.79 Å². The summed E-state index contributed by atoms with van der Waals surface area (Å²) >= 11 is 0. The molecule has 0 saturated heterocycles. The lowest BCUT2D eigenvalue weighted by Gasteiger charge is -2.16. The van der Waals surface area contributed by atoms with Crippen molar-refractivity contribution in [3.05, 3.63) is 30.3 Å². The molecular formula is C12H14N4O. The van der Waals surface area contributed by atoms with Crippen LogP contribution in [0.4, 0.5) is 11.5 Å². The summed E-state index contributed by atoms with van der Waals surface area (Å²) in [5.41, 5.74) is 12.4. The first kappa shape index (κ1) is 11.2. The van der Waals surface area contributed by atoms with E-state index in [1.807, 2.05) is 24.3 Å². The molecule has 0 unspecified atom stereocenters. The number of fused-ring (bicyclic) bond motifs is 1. The van der Waals surface area contributed by atoms with Gasteiger partial charge in [-0.1, -0.05) is 0 Å². The Balaban J connectivity index is 2.37. The maximum atomic E-state index is 10.8. The van der Waals surface area contributed by atoms with Gasteiger partial charge in [-0.25, -0.2) is 4.98 Å². The number of carbonyl (C=O) groups excluding carboxylic acids is 1. The number of hydrogen-bond acceptors (Lipinski definition) is 4. The van der Waals surface area contributed by atoms with Crippen molar-refractivity contribution in [3.63, 3.8) is 0 Å². The molecule has 0 spiro atoms. The number of benzene rings is 1. The molecule has 0 saturated carbocycles. The van der Waals surface area contributed by atoms with Crippen molar-refractivity contribution >= 4 is 28.3 Å². The molecule has 0 aliphatic carbocycles. The van der Waals surface area contributed by atoms with Gasteiger partial charge < -0.3 is 16.4 Å². The van der Waals surface area contributed by atoms with Crippen molar-refractivity contribution in [2.24, 2.45) is 5.73 Å². The second kappa shape index (κ2) is 4.29.